The molecule has 9 nitrogen and oxygen atoms in total. The number of halogens is 7. The van der Waals surface area contributed by atoms with Gasteiger partial charge >= 0.3 is 18.4 Å². The zero-order chi connectivity index (χ0) is 26.0. The molecule has 190 valence electrons. The molecule has 2 N–H and O–H groups in total. The minimum absolute atomic E-state index is 0.0656. The molecule has 0 saturated heterocycles. The van der Waals surface area contributed by atoms with E-state index in [9.17, 15) is 31.1 Å². The number of hydrogen-bond acceptors (Lipinski definition) is 6. The normalized spacial score (nSPS) is 16.7. The standard InChI is InChI=1S/C19H18BrF6N7O2/c1-3-35-16-14(20)12(6-13(29-16)18(21,22)23)28-17(34)27-7-9-4-5-11(31-30-9)10-8-33(2)32-15(10)19(24,25)26/h4-5,8,12H,3,6-7H2,1-2H3,(H2,27,28,34). The van der Waals surface area contributed by atoms with Crippen LogP contribution < -0.4 is 10.6 Å². The number of nitrogens with one attached hydrogen (secondary N) is 2. The maximum absolute atomic E-state index is 13.2. The Morgan fingerprint density at radius 1 is 1.20 bits per heavy atom. The van der Waals surface area contributed by atoms with Gasteiger partial charge in [-0.05, 0) is 35.0 Å². The predicted octanol–water partition coefficient (Wildman–Crippen LogP) is 4.07. The fourth-order valence-electron chi connectivity index (χ4n) is 3.05. The molecule has 0 fully saturated rings. The first-order valence-electron chi connectivity index (χ1n) is 9.95. The van der Waals surface area contributed by atoms with Gasteiger partial charge in [0, 0.05) is 19.7 Å². The summed E-state index contributed by atoms with van der Waals surface area (Å²) in [4.78, 5) is 15.8. The first-order valence-corrected chi connectivity index (χ1v) is 10.7. The molecule has 16 heteroatoms. The molecule has 0 aliphatic carbocycles. The summed E-state index contributed by atoms with van der Waals surface area (Å²) < 4.78 is 85.2. The number of hydrogen-bond donors (Lipinski definition) is 2. The quantitative estimate of drug-likeness (QED) is 0.510. The van der Waals surface area contributed by atoms with Gasteiger partial charge in [0.1, 0.15) is 5.71 Å². The van der Waals surface area contributed by atoms with Crippen LogP contribution in [-0.2, 0) is 24.5 Å². The molecular formula is C19H18BrF6N7O2. The maximum atomic E-state index is 13.2. The van der Waals surface area contributed by atoms with Crippen LogP contribution in [-0.4, -0.2) is 50.5 Å². The van der Waals surface area contributed by atoms with Gasteiger partial charge in [0.2, 0.25) is 5.88 Å². The van der Waals surface area contributed by atoms with Crippen molar-refractivity contribution in [3.63, 3.8) is 0 Å². The van der Waals surface area contributed by atoms with E-state index in [0.29, 0.717) is 0 Å². The van der Waals surface area contributed by atoms with Crippen molar-refractivity contribution >= 4 is 27.7 Å². The number of nitrogens with zero attached hydrogens (tertiary/aromatic N) is 5. The number of ether oxygens (including phenoxy) is 1. The summed E-state index contributed by atoms with van der Waals surface area (Å²) in [5.41, 5.74) is -2.35. The Kier molecular flexibility index (Phi) is 7.71. The Bertz CT molecular complexity index is 1140. The van der Waals surface area contributed by atoms with E-state index in [1.54, 1.807) is 6.92 Å². The molecule has 1 aliphatic heterocycles. The van der Waals surface area contributed by atoms with Crippen molar-refractivity contribution < 1.29 is 35.9 Å². The summed E-state index contributed by atoms with van der Waals surface area (Å²) >= 11 is 3.12. The Balaban J connectivity index is 1.65. The zero-order valence-electron chi connectivity index (χ0n) is 18.1. The highest BCUT2D eigenvalue weighted by molar-refractivity contribution is 9.11. The van der Waals surface area contributed by atoms with E-state index in [1.165, 1.54) is 19.2 Å². The van der Waals surface area contributed by atoms with Crippen molar-refractivity contribution in [1.82, 2.24) is 30.6 Å². The number of rotatable bonds is 6. The van der Waals surface area contributed by atoms with E-state index in [2.05, 4.69) is 46.9 Å². The van der Waals surface area contributed by atoms with Crippen molar-refractivity contribution in [3.8, 4) is 11.3 Å². The second-order valence-electron chi connectivity index (χ2n) is 7.20. The summed E-state index contributed by atoms with van der Waals surface area (Å²) in [5, 5.41) is 15.8. The lowest BCUT2D eigenvalue weighted by Gasteiger charge is -2.26. The van der Waals surface area contributed by atoms with Crippen molar-refractivity contribution in [3.05, 3.63) is 40.1 Å². The van der Waals surface area contributed by atoms with Crippen LogP contribution >= 0.6 is 15.9 Å². The van der Waals surface area contributed by atoms with Crippen molar-refractivity contribution in [1.29, 1.82) is 0 Å². The fourth-order valence-corrected chi connectivity index (χ4v) is 3.53. The number of aliphatic imine (C=N–C) groups is 1. The fraction of sp³-hybridized carbons (Fsp3) is 0.421. The molecule has 3 heterocycles. The second kappa shape index (κ2) is 10.2. The predicted molar refractivity (Wildman–Crippen MR) is 114 cm³/mol. The van der Waals surface area contributed by atoms with Gasteiger partial charge in [-0.2, -0.15) is 41.6 Å². The van der Waals surface area contributed by atoms with Crippen molar-refractivity contribution in [2.45, 2.75) is 38.3 Å². The van der Waals surface area contributed by atoms with Crippen LogP contribution in [0, 0.1) is 0 Å². The number of carbonyl (C=O) groups excluding carboxylic acids is 1. The smallest absolute Gasteiger partial charge is 0.435 e. The minimum Gasteiger partial charge on any atom is -0.477 e. The van der Waals surface area contributed by atoms with E-state index < -0.39 is 42.3 Å². The lowest BCUT2D eigenvalue weighted by atomic mass is 10.1. The molecule has 0 radical (unpaired) electrons. The van der Waals surface area contributed by atoms with E-state index in [4.69, 9.17) is 4.74 Å². The summed E-state index contributed by atoms with van der Waals surface area (Å²) in [6.07, 6.45) is -8.85. The number of carbonyl (C=O) groups is 1. The summed E-state index contributed by atoms with van der Waals surface area (Å²) in [7, 11) is 1.34. The van der Waals surface area contributed by atoms with Crippen LogP contribution in [0.15, 0.2) is 33.7 Å². The van der Waals surface area contributed by atoms with Crippen LogP contribution in [0.2, 0.25) is 0 Å². The van der Waals surface area contributed by atoms with Crippen LogP contribution in [0.5, 0.6) is 0 Å². The lowest BCUT2D eigenvalue weighted by Crippen LogP contribution is -2.46. The second-order valence-corrected chi connectivity index (χ2v) is 8.05. The molecule has 0 bridgehead atoms. The molecule has 2 aromatic rings. The Hall–Kier alpha value is -3.17. The summed E-state index contributed by atoms with van der Waals surface area (Å²) in [5.74, 6) is -0.286. The number of aromatic nitrogens is 4. The van der Waals surface area contributed by atoms with Gasteiger partial charge in [0.25, 0.3) is 0 Å². The van der Waals surface area contributed by atoms with E-state index in [0.717, 1.165) is 10.9 Å². The molecule has 1 atom stereocenters. The van der Waals surface area contributed by atoms with Gasteiger partial charge < -0.3 is 15.4 Å². The third-order valence-corrected chi connectivity index (χ3v) is 5.47. The molecule has 1 unspecified atom stereocenters. The first kappa shape index (κ1) is 26.4. The highest BCUT2D eigenvalue weighted by Gasteiger charge is 2.41. The summed E-state index contributed by atoms with van der Waals surface area (Å²) in [6.45, 7) is 1.45. The van der Waals surface area contributed by atoms with Gasteiger partial charge in [-0.15, -0.1) is 0 Å². The molecule has 2 amide bonds. The van der Waals surface area contributed by atoms with E-state index >= 15 is 0 Å². The number of aryl methyl sites for hydroxylation is 1. The number of alkyl halides is 6. The largest absolute Gasteiger partial charge is 0.477 e. The molecule has 35 heavy (non-hydrogen) atoms. The number of amides is 2. The van der Waals surface area contributed by atoms with Crippen molar-refractivity contribution in [2.24, 2.45) is 12.0 Å². The van der Waals surface area contributed by atoms with Crippen LogP contribution in [0.1, 0.15) is 24.7 Å². The van der Waals surface area contributed by atoms with Gasteiger partial charge in [-0.1, -0.05) is 0 Å². The Morgan fingerprint density at radius 2 is 1.91 bits per heavy atom. The van der Waals surface area contributed by atoms with Gasteiger partial charge in [0.05, 0.1) is 40.6 Å². The zero-order valence-corrected chi connectivity index (χ0v) is 19.7. The minimum atomic E-state index is -4.70. The average molecular weight is 570 g/mol. The highest BCUT2D eigenvalue weighted by atomic mass is 79.9. The SMILES string of the molecule is CCOC1=C(Br)C(NC(=O)NCc2ccc(-c3cn(C)nc3C(F)(F)F)nn2)CC(C(F)(F)F)=N1. The average Bonchev–Trinajstić information content (AvgIpc) is 3.17. The topological polar surface area (TPSA) is 106 Å². The lowest BCUT2D eigenvalue weighted by molar-refractivity contribution is -0.141. The molecule has 0 saturated carbocycles. The summed E-state index contributed by atoms with van der Waals surface area (Å²) in [6, 6.07) is 0.734. The third kappa shape index (κ3) is 6.49. The highest BCUT2D eigenvalue weighted by Crippen LogP contribution is 2.35. The Morgan fingerprint density at radius 3 is 2.49 bits per heavy atom. The monoisotopic (exact) mass is 569 g/mol. The van der Waals surface area contributed by atoms with Crippen LogP contribution in [0.4, 0.5) is 31.1 Å². The Labute approximate surface area is 202 Å². The molecule has 0 spiro atoms. The molecule has 3 rings (SSSR count). The third-order valence-electron chi connectivity index (χ3n) is 4.58. The van der Waals surface area contributed by atoms with Gasteiger partial charge in [-0.25, -0.2) is 9.79 Å². The van der Waals surface area contributed by atoms with Gasteiger partial charge in [-0.3, -0.25) is 4.68 Å². The maximum Gasteiger partial charge on any atom is 0.435 e. The van der Waals surface area contributed by atoms with Crippen LogP contribution in [0.25, 0.3) is 11.3 Å². The van der Waals surface area contributed by atoms with E-state index in [-0.39, 0.29) is 40.5 Å². The van der Waals surface area contributed by atoms with Crippen molar-refractivity contribution in [2.75, 3.05) is 6.61 Å². The molecule has 2 aromatic heterocycles. The molecule has 0 aromatic carbocycles. The van der Waals surface area contributed by atoms with E-state index in [1.807, 2.05) is 0 Å². The first-order chi connectivity index (χ1) is 16.3. The van der Waals surface area contributed by atoms with Gasteiger partial charge in [0.15, 0.2) is 5.69 Å². The molecule has 1 aliphatic rings. The number of urea groups is 1. The molecular weight excluding hydrogens is 552 g/mol. The van der Waals surface area contributed by atoms with Crippen LogP contribution in [0.3, 0.4) is 0 Å².